The molecule has 1 aromatic carbocycles. The topological polar surface area (TPSA) is 62.4 Å². The van der Waals surface area contributed by atoms with Gasteiger partial charge in [0.25, 0.3) is 5.91 Å². The van der Waals surface area contributed by atoms with E-state index in [2.05, 4.69) is 9.72 Å². The summed E-state index contributed by atoms with van der Waals surface area (Å²) in [5.41, 5.74) is 1.41. The molecule has 104 valence electrons. The Morgan fingerprint density at radius 1 is 1.35 bits per heavy atom. The van der Waals surface area contributed by atoms with E-state index < -0.39 is 0 Å². The van der Waals surface area contributed by atoms with Crippen molar-refractivity contribution in [1.82, 2.24) is 9.88 Å². The zero-order valence-corrected chi connectivity index (χ0v) is 11.3. The Hall–Kier alpha value is -2.30. The molecule has 1 saturated carbocycles. The molecule has 1 aliphatic rings. The van der Waals surface area contributed by atoms with E-state index in [1.54, 1.807) is 11.0 Å². The fourth-order valence-electron chi connectivity index (χ4n) is 2.37. The number of H-pyrrole nitrogens is 1. The number of methoxy groups -OCH3 is 1. The zero-order valence-electron chi connectivity index (χ0n) is 11.3. The van der Waals surface area contributed by atoms with Crippen molar-refractivity contribution in [3.8, 4) is 0 Å². The fourth-order valence-corrected chi connectivity index (χ4v) is 2.37. The van der Waals surface area contributed by atoms with Crippen LogP contribution in [0.3, 0.4) is 0 Å². The first kappa shape index (κ1) is 12.7. The fraction of sp³-hybridized carbons (Fsp3) is 0.333. The summed E-state index contributed by atoms with van der Waals surface area (Å²) >= 11 is 0. The number of esters is 1. The second-order valence-electron chi connectivity index (χ2n) is 4.99. The van der Waals surface area contributed by atoms with Crippen LogP contribution in [0.5, 0.6) is 0 Å². The minimum Gasteiger partial charge on any atom is -0.468 e. The van der Waals surface area contributed by atoms with Gasteiger partial charge in [0.1, 0.15) is 6.54 Å². The van der Waals surface area contributed by atoms with E-state index in [0.717, 1.165) is 23.7 Å². The van der Waals surface area contributed by atoms with E-state index in [4.69, 9.17) is 0 Å². The number of hydrogen-bond acceptors (Lipinski definition) is 3. The quantitative estimate of drug-likeness (QED) is 0.865. The van der Waals surface area contributed by atoms with Crippen molar-refractivity contribution in [1.29, 1.82) is 0 Å². The first-order chi connectivity index (χ1) is 9.70. The molecule has 20 heavy (non-hydrogen) atoms. The van der Waals surface area contributed by atoms with Gasteiger partial charge in [-0.05, 0) is 25.0 Å². The average Bonchev–Trinajstić information content (AvgIpc) is 3.19. The Labute approximate surface area is 116 Å². The van der Waals surface area contributed by atoms with Crippen LogP contribution in [-0.2, 0) is 9.53 Å². The number of aromatic nitrogens is 1. The number of nitrogens with one attached hydrogen (secondary N) is 1. The molecule has 0 bridgehead atoms. The number of aromatic amines is 1. The third-order valence-electron chi connectivity index (χ3n) is 3.59. The maximum atomic E-state index is 12.7. The van der Waals surface area contributed by atoms with Gasteiger partial charge in [0.05, 0.1) is 18.2 Å². The summed E-state index contributed by atoms with van der Waals surface area (Å²) in [6.45, 7) is 0.0110. The Morgan fingerprint density at radius 2 is 2.15 bits per heavy atom. The van der Waals surface area contributed by atoms with Crippen LogP contribution in [-0.4, -0.2) is 41.5 Å². The maximum Gasteiger partial charge on any atom is 0.325 e. The molecule has 2 aromatic rings. The maximum absolute atomic E-state index is 12.7. The predicted molar refractivity (Wildman–Crippen MR) is 74.4 cm³/mol. The zero-order chi connectivity index (χ0) is 14.1. The Bertz CT molecular complexity index is 658. The average molecular weight is 272 g/mol. The summed E-state index contributed by atoms with van der Waals surface area (Å²) in [5.74, 6) is -0.505. The van der Waals surface area contributed by atoms with Gasteiger partial charge in [0.15, 0.2) is 0 Å². The molecule has 1 amide bonds. The van der Waals surface area contributed by atoms with E-state index in [1.165, 1.54) is 7.11 Å². The van der Waals surface area contributed by atoms with Crippen LogP contribution in [0.15, 0.2) is 30.5 Å². The molecule has 3 rings (SSSR count). The normalized spacial score (nSPS) is 14.2. The second kappa shape index (κ2) is 5.00. The summed E-state index contributed by atoms with van der Waals surface area (Å²) in [5, 5.41) is 0.990. The number of benzene rings is 1. The van der Waals surface area contributed by atoms with Crippen LogP contribution in [0, 0.1) is 0 Å². The van der Waals surface area contributed by atoms with E-state index >= 15 is 0 Å². The Kier molecular flexibility index (Phi) is 3.18. The number of rotatable bonds is 4. The predicted octanol–water partition coefficient (Wildman–Crippen LogP) is 1.95. The lowest BCUT2D eigenvalue weighted by molar-refractivity contribution is -0.141. The van der Waals surface area contributed by atoms with E-state index in [-0.39, 0.29) is 24.5 Å². The van der Waals surface area contributed by atoms with Crippen molar-refractivity contribution in [3.05, 3.63) is 36.0 Å². The van der Waals surface area contributed by atoms with Gasteiger partial charge in [-0.3, -0.25) is 9.59 Å². The number of ether oxygens (including phenoxy) is 1. The molecule has 0 unspecified atom stereocenters. The van der Waals surface area contributed by atoms with Gasteiger partial charge < -0.3 is 14.6 Å². The largest absolute Gasteiger partial charge is 0.468 e. The Balaban J connectivity index is 1.93. The van der Waals surface area contributed by atoms with Gasteiger partial charge in [0, 0.05) is 17.6 Å². The lowest BCUT2D eigenvalue weighted by Gasteiger charge is -2.21. The number of carbonyl (C=O) groups is 2. The molecule has 0 spiro atoms. The summed E-state index contributed by atoms with van der Waals surface area (Å²) < 4.78 is 4.68. The van der Waals surface area contributed by atoms with Crippen molar-refractivity contribution in [2.45, 2.75) is 18.9 Å². The Morgan fingerprint density at radius 3 is 2.85 bits per heavy atom. The SMILES string of the molecule is COC(=O)CN(C(=O)c1cccc2cc[nH]c12)C1CC1. The molecule has 0 atom stereocenters. The number of carbonyl (C=O) groups excluding carboxylic acids is 2. The van der Waals surface area contributed by atoms with Crippen molar-refractivity contribution >= 4 is 22.8 Å². The second-order valence-corrected chi connectivity index (χ2v) is 4.99. The minimum absolute atomic E-state index is 0.0110. The molecule has 0 aliphatic heterocycles. The summed E-state index contributed by atoms with van der Waals surface area (Å²) in [4.78, 5) is 28.9. The highest BCUT2D eigenvalue weighted by Crippen LogP contribution is 2.29. The van der Waals surface area contributed by atoms with E-state index in [1.807, 2.05) is 24.4 Å². The van der Waals surface area contributed by atoms with Crippen molar-refractivity contribution < 1.29 is 14.3 Å². The molecule has 1 aromatic heterocycles. The van der Waals surface area contributed by atoms with Crippen molar-refractivity contribution in [2.75, 3.05) is 13.7 Å². The highest BCUT2D eigenvalue weighted by atomic mass is 16.5. The first-order valence-electron chi connectivity index (χ1n) is 6.64. The van der Waals surface area contributed by atoms with Crippen molar-refractivity contribution in [2.24, 2.45) is 0 Å². The molecular weight excluding hydrogens is 256 g/mol. The number of fused-ring (bicyclic) bond motifs is 1. The van der Waals surface area contributed by atoms with E-state index in [0.29, 0.717) is 5.56 Å². The molecule has 5 nitrogen and oxygen atoms in total. The molecular formula is C15H16N2O3. The number of nitrogens with zero attached hydrogens (tertiary/aromatic N) is 1. The lowest BCUT2D eigenvalue weighted by Crippen LogP contribution is -2.38. The lowest BCUT2D eigenvalue weighted by atomic mass is 10.1. The van der Waals surface area contributed by atoms with Crippen LogP contribution < -0.4 is 0 Å². The minimum atomic E-state index is -0.385. The monoisotopic (exact) mass is 272 g/mol. The molecule has 0 radical (unpaired) electrons. The van der Waals surface area contributed by atoms with Gasteiger partial charge in [-0.1, -0.05) is 12.1 Å². The summed E-state index contributed by atoms with van der Waals surface area (Å²) in [6.07, 6.45) is 3.70. The van der Waals surface area contributed by atoms with Crippen LogP contribution in [0.1, 0.15) is 23.2 Å². The van der Waals surface area contributed by atoms with Crippen LogP contribution in [0.4, 0.5) is 0 Å². The third-order valence-corrected chi connectivity index (χ3v) is 3.59. The smallest absolute Gasteiger partial charge is 0.325 e. The summed E-state index contributed by atoms with van der Waals surface area (Å²) in [6, 6.07) is 7.67. The molecule has 1 N–H and O–H groups in total. The van der Waals surface area contributed by atoms with Crippen LogP contribution in [0.2, 0.25) is 0 Å². The third kappa shape index (κ3) is 2.27. The number of para-hydroxylation sites is 1. The molecule has 1 fully saturated rings. The van der Waals surface area contributed by atoms with Gasteiger partial charge >= 0.3 is 5.97 Å². The molecule has 1 heterocycles. The first-order valence-corrected chi connectivity index (χ1v) is 6.64. The highest BCUT2D eigenvalue weighted by molar-refractivity contribution is 6.06. The van der Waals surface area contributed by atoms with Gasteiger partial charge in [-0.15, -0.1) is 0 Å². The molecule has 0 saturated heterocycles. The molecule has 5 heteroatoms. The standard InChI is InChI=1S/C15H16N2O3/c1-20-13(18)9-17(11-5-6-11)15(19)12-4-2-3-10-7-8-16-14(10)12/h2-4,7-8,11,16H,5-6,9H2,1H3. The van der Waals surface area contributed by atoms with Crippen molar-refractivity contribution in [3.63, 3.8) is 0 Å². The van der Waals surface area contributed by atoms with Crippen LogP contribution in [0.25, 0.3) is 10.9 Å². The molecule has 1 aliphatic carbocycles. The van der Waals surface area contributed by atoms with Gasteiger partial charge in [-0.2, -0.15) is 0 Å². The van der Waals surface area contributed by atoms with E-state index in [9.17, 15) is 9.59 Å². The van der Waals surface area contributed by atoms with Gasteiger partial charge in [0.2, 0.25) is 0 Å². The number of hydrogen-bond donors (Lipinski definition) is 1. The number of amides is 1. The highest BCUT2D eigenvalue weighted by Gasteiger charge is 2.35. The van der Waals surface area contributed by atoms with Crippen LogP contribution >= 0.6 is 0 Å². The van der Waals surface area contributed by atoms with Gasteiger partial charge in [-0.25, -0.2) is 0 Å². The summed E-state index contributed by atoms with van der Waals surface area (Å²) in [7, 11) is 1.34.